The molecule has 1 aliphatic rings. The Morgan fingerprint density at radius 1 is 0.857 bits per heavy atom. The zero-order valence-electron chi connectivity index (χ0n) is 28.0. The summed E-state index contributed by atoms with van der Waals surface area (Å²) in [6.07, 6.45) is 2.53. The van der Waals surface area contributed by atoms with Crippen LogP contribution in [-0.4, -0.2) is 84.2 Å². The Bertz CT molecular complexity index is 1740. The second-order valence-corrected chi connectivity index (χ2v) is 12.5. The molecular weight excluding hydrogens is 624 g/mol. The van der Waals surface area contributed by atoms with Gasteiger partial charge in [-0.15, -0.1) is 0 Å². The zero-order valence-corrected chi connectivity index (χ0v) is 28.0. The lowest BCUT2D eigenvalue weighted by Gasteiger charge is -2.27. The van der Waals surface area contributed by atoms with E-state index in [9.17, 15) is 19.2 Å². The van der Waals surface area contributed by atoms with Crippen LogP contribution in [0, 0.1) is 5.92 Å². The van der Waals surface area contributed by atoms with Crippen molar-refractivity contribution in [2.45, 2.75) is 45.6 Å². The van der Waals surface area contributed by atoms with E-state index in [2.05, 4.69) is 26.1 Å². The third kappa shape index (κ3) is 9.82. The fourth-order valence-corrected chi connectivity index (χ4v) is 5.56. The topological polar surface area (TPSA) is 155 Å². The molecule has 12 heteroatoms. The number of hydrogen-bond donors (Lipinski definition) is 4. The number of hydrogen-bond acceptors (Lipinski definition) is 7. The quantitative estimate of drug-likeness (QED) is 0.131. The van der Waals surface area contributed by atoms with Gasteiger partial charge in [-0.25, -0.2) is 0 Å². The molecule has 1 aromatic heterocycles. The van der Waals surface area contributed by atoms with Crippen molar-refractivity contribution in [3.8, 4) is 22.8 Å². The number of aromatic nitrogens is 2. The lowest BCUT2D eigenvalue weighted by molar-refractivity contribution is -0.138. The van der Waals surface area contributed by atoms with Crippen LogP contribution in [0.3, 0.4) is 0 Å². The lowest BCUT2D eigenvalue weighted by Crippen LogP contribution is -2.50. The monoisotopic (exact) mass is 668 g/mol. The minimum Gasteiger partial charge on any atom is -0.485 e. The van der Waals surface area contributed by atoms with Crippen LogP contribution < -0.4 is 25.4 Å². The van der Waals surface area contributed by atoms with Crippen molar-refractivity contribution in [3.05, 3.63) is 78.4 Å². The number of aromatic amines is 1. The SMILES string of the molecule is CC(C)CN(CC(=O)NCCCCCCNC(=O)c1ccc(-c2n[nH]c3ccccc23)cc1)C(=O)CNC(=O)C1COc2ccccc2O1. The maximum Gasteiger partial charge on any atom is 0.265 e. The maximum atomic E-state index is 12.9. The highest BCUT2D eigenvalue weighted by atomic mass is 16.6. The molecule has 258 valence electrons. The molecule has 1 aliphatic heterocycles. The minimum atomic E-state index is -0.867. The van der Waals surface area contributed by atoms with E-state index < -0.39 is 12.0 Å². The van der Waals surface area contributed by atoms with Gasteiger partial charge in [0, 0.05) is 36.1 Å². The summed E-state index contributed by atoms with van der Waals surface area (Å²) in [5, 5.41) is 17.0. The molecule has 4 amide bonds. The lowest BCUT2D eigenvalue weighted by atomic mass is 10.1. The Kier molecular flexibility index (Phi) is 12.2. The van der Waals surface area contributed by atoms with Crippen LogP contribution in [0.4, 0.5) is 0 Å². The predicted octanol–water partition coefficient (Wildman–Crippen LogP) is 4.08. The van der Waals surface area contributed by atoms with E-state index in [1.54, 1.807) is 18.2 Å². The molecule has 0 saturated heterocycles. The predicted molar refractivity (Wildman–Crippen MR) is 186 cm³/mol. The average molecular weight is 669 g/mol. The summed E-state index contributed by atoms with van der Waals surface area (Å²) in [6, 6.07) is 22.4. The van der Waals surface area contributed by atoms with Gasteiger partial charge in [-0.2, -0.15) is 5.10 Å². The fourth-order valence-electron chi connectivity index (χ4n) is 5.56. The Morgan fingerprint density at radius 2 is 1.55 bits per heavy atom. The molecular formula is C37H44N6O6. The van der Waals surface area contributed by atoms with Crippen molar-refractivity contribution in [2.24, 2.45) is 5.92 Å². The number of unbranched alkanes of at least 4 members (excludes halogenated alkanes) is 3. The number of carbonyl (C=O) groups excluding carboxylic acids is 4. The standard InChI is InChI=1S/C37H44N6O6/c1-25(2)22-43(34(45)21-40-37(47)32-24-48-30-13-7-8-14-31(30)49-32)23-33(44)38-19-9-3-4-10-20-39-36(46)27-17-15-26(16-18-27)35-28-11-5-6-12-29(28)41-42-35/h5-8,11-18,25,32H,3-4,9-10,19-24H2,1-2H3,(H,38,44)(H,39,46)(H,40,47)(H,41,42). The summed E-state index contributed by atoms with van der Waals surface area (Å²) < 4.78 is 11.3. The van der Waals surface area contributed by atoms with Crippen LogP contribution in [0.15, 0.2) is 72.8 Å². The molecule has 4 N–H and O–H groups in total. The molecule has 2 heterocycles. The van der Waals surface area contributed by atoms with Gasteiger partial charge in [0.05, 0.1) is 24.3 Å². The number of H-pyrrole nitrogens is 1. The molecule has 0 aliphatic carbocycles. The molecule has 0 fully saturated rings. The summed E-state index contributed by atoms with van der Waals surface area (Å²) in [6.45, 7) is 5.07. The summed E-state index contributed by atoms with van der Waals surface area (Å²) in [7, 11) is 0. The fraction of sp³-hybridized carbons (Fsp3) is 0.378. The summed E-state index contributed by atoms with van der Waals surface area (Å²) in [4.78, 5) is 52.3. The third-order valence-electron chi connectivity index (χ3n) is 8.09. The maximum absolute atomic E-state index is 12.9. The zero-order chi connectivity index (χ0) is 34.6. The molecule has 0 bridgehead atoms. The summed E-state index contributed by atoms with van der Waals surface area (Å²) >= 11 is 0. The van der Waals surface area contributed by atoms with Crippen molar-refractivity contribution >= 4 is 34.5 Å². The van der Waals surface area contributed by atoms with Crippen LogP contribution in [0.2, 0.25) is 0 Å². The largest absolute Gasteiger partial charge is 0.485 e. The molecule has 0 saturated carbocycles. The van der Waals surface area contributed by atoms with E-state index in [-0.39, 0.29) is 43.3 Å². The number of fused-ring (bicyclic) bond motifs is 2. The molecule has 4 aromatic rings. The highest BCUT2D eigenvalue weighted by molar-refractivity contribution is 5.96. The van der Waals surface area contributed by atoms with E-state index in [1.165, 1.54) is 4.90 Å². The number of carbonyl (C=O) groups is 4. The van der Waals surface area contributed by atoms with Crippen molar-refractivity contribution in [3.63, 3.8) is 0 Å². The van der Waals surface area contributed by atoms with Crippen LogP contribution in [0.1, 0.15) is 49.9 Å². The van der Waals surface area contributed by atoms with Crippen molar-refractivity contribution in [1.29, 1.82) is 0 Å². The Labute approximate surface area is 285 Å². The third-order valence-corrected chi connectivity index (χ3v) is 8.09. The van der Waals surface area contributed by atoms with Gasteiger partial charge >= 0.3 is 0 Å². The number of nitrogens with one attached hydrogen (secondary N) is 4. The number of ether oxygens (including phenoxy) is 2. The van der Waals surface area contributed by atoms with Crippen LogP contribution in [0.5, 0.6) is 11.5 Å². The van der Waals surface area contributed by atoms with Crippen molar-refractivity contribution < 1.29 is 28.7 Å². The first-order chi connectivity index (χ1) is 23.8. The molecule has 49 heavy (non-hydrogen) atoms. The first-order valence-corrected chi connectivity index (χ1v) is 16.8. The van der Waals surface area contributed by atoms with Gasteiger partial charge in [0.1, 0.15) is 6.61 Å². The van der Waals surface area contributed by atoms with Gasteiger partial charge in [0.15, 0.2) is 11.5 Å². The Morgan fingerprint density at radius 3 is 2.31 bits per heavy atom. The molecule has 1 unspecified atom stereocenters. The van der Waals surface area contributed by atoms with Gasteiger partial charge < -0.3 is 30.3 Å². The van der Waals surface area contributed by atoms with E-state index in [0.29, 0.717) is 36.7 Å². The summed E-state index contributed by atoms with van der Waals surface area (Å²) in [5.41, 5.74) is 3.36. The minimum absolute atomic E-state index is 0.0457. The highest BCUT2D eigenvalue weighted by Crippen LogP contribution is 2.31. The average Bonchev–Trinajstić information content (AvgIpc) is 3.55. The number of rotatable bonds is 16. The van der Waals surface area contributed by atoms with Crippen LogP contribution >= 0.6 is 0 Å². The molecule has 3 aromatic carbocycles. The second-order valence-electron chi connectivity index (χ2n) is 12.5. The van der Waals surface area contributed by atoms with Crippen LogP contribution in [0.25, 0.3) is 22.2 Å². The van der Waals surface area contributed by atoms with E-state index >= 15 is 0 Å². The first-order valence-electron chi connectivity index (χ1n) is 16.8. The van der Waals surface area contributed by atoms with Crippen molar-refractivity contribution in [1.82, 2.24) is 31.0 Å². The normalized spacial score (nSPS) is 13.6. The number of benzene rings is 3. The molecule has 5 rings (SSSR count). The van der Waals surface area contributed by atoms with Crippen molar-refractivity contribution in [2.75, 3.05) is 39.3 Å². The smallest absolute Gasteiger partial charge is 0.265 e. The number of nitrogens with zero attached hydrogens (tertiary/aromatic N) is 2. The van der Waals surface area contributed by atoms with E-state index in [1.807, 2.05) is 68.4 Å². The van der Waals surface area contributed by atoms with Gasteiger partial charge in [-0.3, -0.25) is 24.3 Å². The van der Waals surface area contributed by atoms with Gasteiger partial charge in [0.2, 0.25) is 17.9 Å². The van der Waals surface area contributed by atoms with Crippen LogP contribution in [-0.2, 0) is 14.4 Å². The molecule has 0 radical (unpaired) electrons. The van der Waals surface area contributed by atoms with E-state index in [0.717, 1.165) is 47.8 Å². The van der Waals surface area contributed by atoms with E-state index in [4.69, 9.17) is 9.47 Å². The van der Waals surface area contributed by atoms with Gasteiger partial charge in [-0.05, 0) is 49.1 Å². The molecule has 12 nitrogen and oxygen atoms in total. The first kappa shape index (κ1) is 34.9. The Balaban J connectivity index is 0.944. The second kappa shape index (κ2) is 17.1. The number of para-hydroxylation sites is 3. The summed E-state index contributed by atoms with van der Waals surface area (Å²) in [5.74, 6) is 0.0144. The number of amides is 4. The van der Waals surface area contributed by atoms with Gasteiger partial charge in [0.25, 0.3) is 11.8 Å². The highest BCUT2D eigenvalue weighted by Gasteiger charge is 2.28. The molecule has 1 atom stereocenters. The van der Waals surface area contributed by atoms with Gasteiger partial charge in [-0.1, -0.05) is 69.2 Å². The Hall–Kier alpha value is -5.39. The molecule has 0 spiro atoms.